The quantitative estimate of drug-likeness (QED) is 0.810. The van der Waals surface area contributed by atoms with Gasteiger partial charge in [0.25, 0.3) is 0 Å². The van der Waals surface area contributed by atoms with E-state index in [0.717, 1.165) is 5.69 Å². The Bertz CT molecular complexity index is 413. The van der Waals surface area contributed by atoms with Gasteiger partial charge in [-0.25, -0.2) is 8.99 Å². The van der Waals surface area contributed by atoms with Crippen molar-refractivity contribution in [3.63, 3.8) is 0 Å². The summed E-state index contributed by atoms with van der Waals surface area (Å²) in [5.74, 6) is 0.0573. The molecule has 0 radical (unpaired) electrons. The van der Waals surface area contributed by atoms with Crippen molar-refractivity contribution in [1.29, 1.82) is 4.78 Å². The molecule has 78 valence electrons. The highest BCUT2D eigenvalue weighted by Crippen LogP contribution is 2.18. The largest absolute Gasteiger partial charge is 0.300 e. The first-order chi connectivity index (χ1) is 6.40. The molecule has 1 atom stereocenters. The van der Waals surface area contributed by atoms with Gasteiger partial charge in [0.2, 0.25) is 0 Å². The van der Waals surface area contributed by atoms with Crippen LogP contribution < -0.4 is 0 Å². The lowest BCUT2D eigenvalue weighted by Crippen LogP contribution is -2.05. The maximum Gasteiger partial charge on any atom is 0.162 e. The van der Waals surface area contributed by atoms with Gasteiger partial charge >= 0.3 is 0 Å². The molecular weight excluding hydrogens is 200 g/mol. The molecule has 1 aromatic heterocycles. The molecule has 0 aliphatic carbocycles. The van der Waals surface area contributed by atoms with Gasteiger partial charge in [-0.2, -0.15) is 0 Å². The fraction of sp³-hybridized carbons (Fsp3) is 0.444. The van der Waals surface area contributed by atoms with E-state index in [-0.39, 0.29) is 11.7 Å². The third kappa shape index (κ3) is 3.08. The van der Waals surface area contributed by atoms with Crippen LogP contribution in [0.25, 0.3) is 0 Å². The number of aromatic nitrogens is 1. The van der Waals surface area contributed by atoms with Crippen molar-refractivity contribution < 1.29 is 8.76 Å². The average molecular weight is 214 g/mol. The zero-order chi connectivity index (χ0) is 10.8. The normalized spacial score (nSPS) is 15.4. The van der Waals surface area contributed by atoms with Gasteiger partial charge < -0.3 is 4.55 Å². The number of rotatable bonds is 3. The summed E-state index contributed by atoms with van der Waals surface area (Å²) in [7, 11) is -3.47. The molecule has 1 rings (SSSR count). The number of hydrogen-bond acceptors (Lipinski definition) is 3. The number of pyridine rings is 1. The highest BCUT2D eigenvalue weighted by Gasteiger charge is 2.11. The van der Waals surface area contributed by atoms with Crippen molar-refractivity contribution in [2.24, 2.45) is 0 Å². The van der Waals surface area contributed by atoms with E-state index in [0.29, 0.717) is 5.56 Å². The van der Waals surface area contributed by atoms with Crippen molar-refractivity contribution in [3.8, 4) is 0 Å². The molecule has 0 spiro atoms. The van der Waals surface area contributed by atoms with Crippen LogP contribution in [0.5, 0.6) is 0 Å². The Kier molecular flexibility index (Phi) is 3.23. The van der Waals surface area contributed by atoms with Crippen LogP contribution in [0.15, 0.2) is 18.3 Å². The Morgan fingerprint density at radius 1 is 1.64 bits per heavy atom. The highest BCUT2D eigenvalue weighted by atomic mass is 32.2. The lowest BCUT2D eigenvalue weighted by atomic mass is 10.1. The van der Waals surface area contributed by atoms with Gasteiger partial charge in [-0.1, -0.05) is 19.9 Å². The van der Waals surface area contributed by atoms with E-state index in [9.17, 15) is 4.21 Å². The Hall–Kier alpha value is -0.940. The highest BCUT2D eigenvalue weighted by molar-refractivity contribution is 7.86. The summed E-state index contributed by atoms with van der Waals surface area (Å²) in [5.41, 5.74) is 1.48. The van der Waals surface area contributed by atoms with Gasteiger partial charge in [-0.3, -0.25) is 4.98 Å². The minimum atomic E-state index is -3.47. The first-order valence-electron chi connectivity index (χ1n) is 4.33. The minimum Gasteiger partial charge on any atom is -0.300 e. The molecule has 0 bridgehead atoms. The monoisotopic (exact) mass is 214 g/mol. The Morgan fingerprint density at radius 2 is 2.29 bits per heavy atom. The van der Waals surface area contributed by atoms with E-state index in [2.05, 4.69) is 4.98 Å². The van der Waals surface area contributed by atoms with Crippen LogP contribution in [0.3, 0.4) is 0 Å². The molecule has 2 N–H and O–H groups in total. The van der Waals surface area contributed by atoms with Gasteiger partial charge in [0.15, 0.2) is 10.0 Å². The second-order valence-corrected chi connectivity index (χ2v) is 5.06. The second-order valence-electron chi connectivity index (χ2n) is 3.49. The maximum atomic E-state index is 10.9. The fourth-order valence-electron chi connectivity index (χ4n) is 1.30. The zero-order valence-electron chi connectivity index (χ0n) is 8.23. The Morgan fingerprint density at radius 3 is 2.79 bits per heavy atom. The molecule has 1 heterocycles. The van der Waals surface area contributed by atoms with Crippen LogP contribution >= 0.6 is 0 Å². The van der Waals surface area contributed by atoms with Crippen molar-refractivity contribution in [1.82, 2.24) is 4.98 Å². The summed E-state index contributed by atoms with van der Waals surface area (Å²) in [4.78, 5) is 4.14. The summed E-state index contributed by atoms with van der Waals surface area (Å²) in [6.07, 6.45) is 1.65. The lowest BCUT2D eigenvalue weighted by Gasteiger charge is -2.10. The summed E-state index contributed by atoms with van der Waals surface area (Å²) >= 11 is 0. The number of nitrogens with one attached hydrogen (secondary N) is 1. The van der Waals surface area contributed by atoms with Gasteiger partial charge in [-0.05, 0) is 17.5 Å². The van der Waals surface area contributed by atoms with Crippen LogP contribution in [0, 0.1) is 4.78 Å². The third-order valence-corrected chi connectivity index (χ3v) is 2.53. The standard InChI is InChI=1S/C9H14N2O2S/c1-7(2)9-8(4-3-5-11-9)6-14(10,12)13/h3-5,7H,6H2,1-2H3,(H2,10,12,13). The van der Waals surface area contributed by atoms with Gasteiger partial charge in [0.1, 0.15) is 0 Å². The van der Waals surface area contributed by atoms with Crippen molar-refractivity contribution in [3.05, 3.63) is 29.6 Å². The molecule has 1 unspecified atom stereocenters. The van der Waals surface area contributed by atoms with Gasteiger partial charge in [-0.15, -0.1) is 0 Å². The molecule has 1 aromatic rings. The first kappa shape index (κ1) is 11.1. The van der Waals surface area contributed by atoms with Gasteiger partial charge in [0, 0.05) is 11.9 Å². The summed E-state index contributed by atoms with van der Waals surface area (Å²) in [5, 5.41) is 0. The molecule has 0 amide bonds. The van der Waals surface area contributed by atoms with Crippen molar-refractivity contribution in [2.75, 3.05) is 0 Å². The minimum absolute atomic E-state index is 0.144. The predicted molar refractivity (Wildman–Crippen MR) is 55.5 cm³/mol. The van der Waals surface area contributed by atoms with E-state index < -0.39 is 10.0 Å². The molecule has 4 nitrogen and oxygen atoms in total. The molecule has 0 aliphatic rings. The zero-order valence-corrected chi connectivity index (χ0v) is 9.04. The Labute approximate surface area is 84.2 Å². The molecule has 5 heteroatoms. The van der Waals surface area contributed by atoms with Crippen molar-refractivity contribution in [2.45, 2.75) is 25.5 Å². The molecule has 0 saturated heterocycles. The van der Waals surface area contributed by atoms with E-state index >= 15 is 0 Å². The summed E-state index contributed by atoms with van der Waals surface area (Å²) < 4.78 is 26.8. The van der Waals surface area contributed by atoms with Crippen LogP contribution in [0.4, 0.5) is 0 Å². The van der Waals surface area contributed by atoms with Crippen LogP contribution in [-0.4, -0.2) is 13.7 Å². The molecule has 0 aromatic carbocycles. The van der Waals surface area contributed by atoms with Crippen LogP contribution in [-0.2, 0) is 15.8 Å². The molecule has 14 heavy (non-hydrogen) atoms. The Balaban J connectivity index is 3.08. The number of nitrogens with zero attached hydrogens (tertiary/aromatic N) is 1. The lowest BCUT2D eigenvalue weighted by molar-refractivity contribution is 0.547. The van der Waals surface area contributed by atoms with E-state index in [1.54, 1.807) is 18.3 Å². The molecule has 0 aliphatic heterocycles. The maximum absolute atomic E-state index is 10.9. The summed E-state index contributed by atoms with van der Waals surface area (Å²) in [6, 6.07) is 3.46. The van der Waals surface area contributed by atoms with Crippen molar-refractivity contribution >= 4 is 10.0 Å². The SMILES string of the molecule is CC(C)c1ncccc1CS(=N)(=O)O. The second kappa shape index (κ2) is 4.06. The molecule has 0 fully saturated rings. The average Bonchev–Trinajstić information content (AvgIpc) is 2.01. The smallest absolute Gasteiger partial charge is 0.162 e. The van der Waals surface area contributed by atoms with E-state index in [4.69, 9.17) is 9.33 Å². The third-order valence-electron chi connectivity index (χ3n) is 1.82. The van der Waals surface area contributed by atoms with E-state index in [1.165, 1.54) is 0 Å². The topological polar surface area (TPSA) is 74.0 Å². The van der Waals surface area contributed by atoms with Gasteiger partial charge in [0.05, 0.1) is 5.75 Å². The van der Waals surface area contributed by atoms with E-state index in [1.807, 2.05) is 13.8 Å². The first-order valence-corrected chi connectivity index (χ1v) is 6.01. The van der Waals surface area contributed by atoms with Crippen LogP contribution in [0.1, 0.15) is 31.0 Å². The predicted octanol–water partition coefficient (Wildman–Crippen LogP) is 2.22. The summed E-state index contributed by atoms with van der Waals surface area (Å²) in [6.45, 7) is 3.93. The molecule has 0 saturated carbocycles. The fourth-order valence-corrected chi connectivity index (χ4v) is 1.97. The van der Waals surface area contributed by atoms with Crippen LogP contribution in [0.2, 0.25) is 0 Å². The molecular formula is C9H14N2O2S. The number of hydrogen-bond donors (Lipinski definition) is 2.